The van der Waals surface area contributed by atoms with Crippen LogP contribution in [0.25, 0.3) is 38.9 Å². The number of carbonyl (C=O) groups is 1. The number of hydrogen-bond donors (Lipinski definition) is 0. The van der Waals surface area contributed by atoms with Crippen LogP contribution in [0.1, 0.15) is 57.7 Å². The van der Waals surface area contributed by atoms with Crippen molar-refractivity contribution in [2.75, 3.05) is 24.5 Å². The minimum atomic E-state index is -0.800. The number of nitrogens with zero attached hydrogens (tertiary/aromatic N) is 6. The highest BCUT2D eigenvalue weighted by atomic mass is 19.1. The van der Waals surface area contributed by atoms with Gasteiger partial charge >= 0.3 is 5.69 Å². The zero-order valence-corrected chi connectivity index (χ0v) is 25.8. The molecule has 5 heterocycles. The molecule has 1 atom stereocenters. The molecule has 1 aromatic carbocycles. The number of pyridine rings is 2. The number of aromatic nitrogens is 4. The predicted molar refractivity (Wildman–Crippen MR) is 170 cm³/mol. The number of fused-ring (bicyclic) bond motifs is 2. The largest absolute Gasteiger partial charge is 0.464 e. The Bertz CT molecular complexity index is 2010. The van der Waals surface area contributed by atoms with E-state index in [2.05, 4.69) is 16.5 Å². The van der Waals surface area contributed by atoms with Gasteiger partial charge < -0.3 is 14.2 Å². The summed E-state index contributed by atoms with van der Waals surface area (Å²) in [5, 5.41) is 0.851. The topological polar surface area (TPSA) is 97.4 Å². The molecule has 1 aliphatic heterocycles. The second-order valence-corrected chi connectivity index (χ2v) is 12.0. The Kier molecular flexibility index (Phi) is 7.72. The summed E-state index contributed by atoms with van der Waals surface area (Å²) >= 11 is 0. The monoisotopic (exact) mass is 612 g/mol. The average Bonchev–Trinajstić information content (AvgIpc) is 3.49. The van der Waals surface area contributed by atoms with Crippen LogP contribution < -0.4 is 10.6 Å². The fraction of sp³-hybridized carbons (Fsp3) is 0.324. The van der Waals surface area contributed by atoms with Gasteiger partial charge in [-0.15, -0.1) is 0 Å². The maximum Gasteiger partial charge on any atom is 0.355 e. The average molecular weight is 613 g/mol. The van der Waals surface area contributed by atoms with Crippen LogP contribution in [-0.4, -0.2) is 56.0 Å². The van der Waals surface area contributed by atoms with E-state index in [9.17, 15) is 9.59 Å². The molecule has 45 heavy (non-hydrogen) atoms. The number of hydrogen-bond acceptors (Lipinski definition) is 7. The Balaban J connectivity index is 1.69. The highest BCUT2D eigenvalue weighted by Gasteiger charge is 2.31. The molecule has 11 heteroatoms. The number of piperazine rings is 1. The van der Waals surface area contributed by atoms with Gasteiger partial charge in [-0.3, -0.25) is 9.78 Å². The molecule has 0 N–H and O–H groups in total. The Morgan fingerprint density at radius 3 is 2.53 bits per heavy atom. The first-order chi connectivity index (χ1) is 21.5. The third-order valence-electron chi connectivity index (χ3n) is 8.37. The van der Waals surface area contributed by atoms with Gasteiger partial charge in [0.1, 0.15) is 22.9 Å². The van der Waals surface area contributed by atoms with Crippen molar-refractivity contribution in [2.45, 2.75) is 52.5 Å². The van der Waals surface area contributed by atoms with Crippen molar-refractivity contribution >= 4 is 33.7 Å². The third-order valence-corrected chi connectivity index (χ3v) is 8.37. The van der Waals surface area contributed by atoms with Crippen molar-refractivity contribution in [3.05, 3.63) is 88.8 Å². The molecule has 9 nitrogen and oxygen atoms in total. The third kappa shape index (κ3) is 5.05. The van der Waals surface area contributed by atoms with E-state index in [0.717, 1.165) is 5.56 Å². The van der Waals surface area contributed by atoms with Crippen molar-refractivity contribution in [1.29, 1.82) is 0 Å². The first-order valence-electron chi connectivity index (χ1n) is 15.0. The van der Waals surface area contributed by atoms with Gasteiger partial charge in [0.2, 0.25) is 5.91 Å². The van der Waals surface area contributed by atoms with Crippen LogP contribution in [-0.2, 0) is 4.79 Å². The van der Waals surface area contributed by atoms with E-state index in [1.165, 1.54) is 29.0 Å². The minimum absolute atomic E-state index is 0.00754. The van der Waals surface area contributed by atoms with Crippen LogP contribution in [0, 0.1) is 11.6 Å². The SMILES string of the molecule is C=CC(=O)N1CCN(c2nc(=O)n(-c3c(C(C)C)ccnc3C(C)C)c3nc(-c4c(F)ccc5ccoc45)c(F)cc23)[C@@H](C)C1. The van der Waals surface area contributed by atoms with Crippen molar-refractivity contribution in [3.8, 4) is 16.9 Å². The molecule has 1 saturated heterocycles. The quantitative estimate of drug-likeness (QED) is 0.207. The molecule has 0 bridgehead atoms. The second-order valence-electron chi connectivity index (χ2n) is 12.0. The molecule has 1 aliphatic rings. The van der Waals surface area contributed by atoms with Crippen LogP contribution in [0.3, 0.4) is 0 Å². The molecule has 232 valence electrons. The normalized spacial score (nSPS) is 15.5. The Morgan fingerprint density at radius 1 is 1.07 bits per heavy atom. The molecule has 1 amide bonds. The van der Waals surface area contributed by atoms with Gasteiger partial charge in [-0.1, -0.05) is 34.3 Å². The van der Waals surface area contributed by atoms with Crippen molar-refractivity contribution in [3.63, 3.8) is 0 Å². The molecule has 1 fully saturated rings. The van der Waals surface area contributed by atoms with E-state index < -0.39 is 17.3 Å². The molecular weight excluding hydrogens is 578 g/mol. The van der Waals surface area contributed by atoms with Gasteiger partial charge in [0, 0.05) is 37.3 Å². The molecule has 4 aromatic heterocycles. The van der Waals surface area contributed by atoms with E-state index in [1.54, 1.807) is 23.2 Å². The van der Waals surface area contributed by atoms with Gasteiger partial charge in [-0.25, -0.2) is 23.1 Å². The fourth-order valence-corrected chi connectivity index (χ4v) is 6.15. The summed E-state index contributed by atoms with van der Waals surface area (Å²) in [6.07, 6.45) is 4.38. The number of amides is 1. The Hall–Kier alpha value is -4.93. The maximum atomic E-state index is 16.2. The molecule has 0 spiro atoms. The smallest absolute Gasteiger partial charge is 0.355 e. The van der Waals surface area contributed by atoms with Crippen LogP contribution in [0.15, 0.2) is 64.7 Å². The van der Waals surface area contributed by atoms with Crippen molar-refractivity contribution < 1.29 is 18.0 Å². The molecule has 0 radical (unpaired) electrons. The lowest BCUT2D eigenvalue weighted by Crippen LogP contribution is -2.54. The lowest BCUT2D eigenvalue weighted by atomic mass is 9.97. The van der Waals surface area contributed by atoms with E-state index >= 15 is 8.78 Å². The van der Waals surface area contributed by atoms with E-state index in [4.69, 9.17) is 9.40 Å². The summed E-state index contributed by atoms with van der Waals surface area (Å²) in [7, 11) is 0. The summed E-state index contributed by atoms with van der Waals surface area (Å²) in [5.41, 5.74) is 1.20. The Labute approximate surface area is 258 Å². The Morgan fingerprint density at radius 2 is 1.84 bits per heavy atom. The molecule has 6 rings (SSSR count). The summed E-state index contributed by atoms with van der Waals surface area (Å²) in [5.74, 6) is -1.56. The summed E-state index contributed by atoms with van der Waals surface area (Å²) in [6.45, 7) is 14.5. The van der Waals surface area contributed by atoms with Crippen LogP contribution in [0.4, 0.5) is 14.6 Å². The van der Waals surface area contributed by atoms with Crippen LogP contribution >= 0.6 is 0 Å². The number of benzene rings is 1. The summed E-state index contributed by atoms with van der Waals surface area (Å²) < 4.78 is 38.7. The highest BCUT2D eigenvalue weighted by molar-refractivity contribution is 5.95. The van der Waals surface area contributed by atoms with E-state index in [1.807, 2.05) is 45.6 Å². The zero-order chi connectivity index (χ0) is 32.2. The predicted octanol–water partition coefficient (Wildman–Crippen LogP) is 6.34. The van der Waals surface area contributed by atoms with Crippen molar-refractivity contribution in [1.82, 2.24) is 24.4 Å². The standard InChI is InChI=1S/C34H34F2N6O3/c1-7-26(43)40-13-14-41(20(6)17-40)32-23-16-25(36)29(27-24(35)9-8-21-11-15-45-31(21)27)38-33(23)42(34(44)39-32)30-22(18(2)3)10-12-37-28(30)19(4)5/h7-12,15-16,18-20H,1,13-14,17H2,2-6H3/t20-/m0/s1. The second kappa shape index (κ2) is 11.5. The van der Waals surface area contributed by atoms with Crippen LogP contribution in [0.5, 0.6) is 0 Å². The van der Waals surface area contributed by atoms with Gasteiger partial charge in [0.05, 0.1) is 28.6 Å². The lowest BCUT2D eigenvalue weighted by Gasteiger charge is -2.40. The highest BCUT2D eigenvalue weighted by Crippen LogP contribution is 2.37. The minimum Gasteiger partial charge on any atom is -0.464 e. The van der Waals surface area contributed by atoms with Gasteiger partial charge in [-0.05, 0) is 60.7 Å². The zero-order valence-electron chi connectivity index (χ0n) is 25.8. The number of furan rings is 1. The molecular formula is C34H34F2N6O3. The number of anilines is 1. The molecule has 5 aromatic rings. The van der Waals surface area contributed by atoms with Gasteiger partial charge in [0.15, 0.2) is 11.5 Å². The molecule has 0 aliphatic carbocycles. The van der Waals surface area contributed by atoms with E-state index in [-0.39, 0.29) is 57.5 Å². The number of rotatable bonds is 6. The first kappa shape index (κ1) is 30.1. The van der Waals surface area contributed by atoms with Gasteiger partial charge in [-0.2, -0.15) is 4.98 Å². The molecule has 0 unspecified atom stereocenters. The lowest BCUT2D eigenvalue weighted by molar-refractivity contribution is -0.126. The van der Waals surface area contributed by atoms with Crippen LogP contribution in [0.2, 0.25) is 0 Å². The van der Waals surface area contributed by atoms with Gasteiger partial charge in [0.25, 0.3) is 0 Å². The number of carbonyl (C=O) groups excluding carboxylic acids is 1. The molecule has 0 saturated carbocycles. The van der Waals surface area contributed by atoms with E-state index in [0.29, 0.717) is 36.4 Å². The number of halogens is 2. The van der Waals surface area contributed by atoms with Crippen molar-refractivity contribution in [2.24, 2.45) is 0 Å². The maximum absolute atomic E-state index is 16.2. The first-order valence-corrected chi connectivity index (χ1v) is 15.0. The fourth-order valence-electron chi connectivity index (χ4n) is 6.15. The summed E-state index contributed by atoms with van der Waals surface area (Å²) in [4.78, 5) is 44.0. The summed E-state index contributed by atoms with van der Waals surface area (Å²) in [6, 6.07) is 7.29.